The Balaban J connectivity index is 4.19. The summed E-state index contributed by atoms with van der Waals surface area (Å²) in [6.07, 6.45) is 0. The number of hydrogen-bond acceptors (Lipinski definition) is 1. The molecule has 0 spiro atoms. The Labute approximate surface area is 57.5 Å². The van der Waals surface area contributed by atoms with E-state index in [-0.39, 0.29) is 11.2 Å². The van der Waals surface area contributed by atoms with Crippen molar-refractivity contribution in [1.29, 1.82) is 0 Å². The van der Waals surface area contributed by atoms with Gasteiger partial charge in [0.1, 0.15) is 5.78 Å². The minimum atomic E-state index is -0.139. The lowest BCUT2D eigenvalue weighted by atomic mass is 9.78. The first-order chi connectivity index (χ1) is 3.89. The highest BCUT2D eigenvalue weighted by molar-refractivity contribution is 5.81. The summed E-state index contributed by atoms with van der Waals surface area (Å²) in [5.41, 5.74) is -0.139. The van der Waals surface area contributed by atoms with E-state index in [2.05, 4.69) is 13.8 Å². The zero-order valence-corrected chi connectivity index (χ0v) is 6.99. The first-order valence-corrected chi connectivity index (χ1v) is 3.40. The summed E-state index contributed by atoms with van der Waals surface area (Å²) in [5, 5.41) is 0. The van der Waals surface area contributed by atoms with E-state index in [4.69, 9.17) is 0 Å². The van der Waals surface area contributed by atoms with Gasteiger partial charge in [0.15, 0.2) is 0 Å². The minimum absolute atomic E-state index is 0.139. The second-order valence-electron chi connectivity index (χ2n) is 3.43. The van der Waals surface area contributed by atoms with Gasteiger partial charge in [0, 0.05) is 5.41 Å². The largest absolute Gasteiger partial charge is 0.299 e. The molecule has 0 fully saturated rings. The standard InChI is InChI=1S/C8H16O/c1-6(2)8(4,5)7(3)9/h6H,1-5H3. The van der Waals surface area contributed by atoms with Crippen molar-refractivity contribution >= 4 is 5.78 Å². The van der Waals surface area contributed by atoms with E-state index in [1.165, 1.54) is 0 Å². The highest BCUT2D eigenvalue weighted by atomic mass is 16.1. The Kier molecular flexibility index (Phi) is 2.41. The fraction of sp³-hybridized carbons (Fsp3) is 0.875. The summed E-state index contributed by atoms with van der Waals surface area (Å²) in [5.74, 6) is 0.715. The van der Waals surface area contributed by atoms with E-state index in [0.29, 0.717) is 5.92 Å². The van der Waals surface area contributed by atoms with Crippen LogP contribution >= 0.6 is 0 Å². The molecular formula is C8H16O. The molecule has 0 aromatic carbocycles. The molecule has 0 bridgehead atoms. The first-order valence-electron chi connectivity index (χ1n) is 3.40. The molecule has 1 nitrogen and oxygen atoms in total. The van der Waals surface area contributed by atoms with Crippen LogP contribution in [0.1, 0.15) is 34.6 Å². The molecule has 0 unspecified atom stereocenters. The van der Waals surface area contributed by atoms with Gasteiger partial charge in [-0.1, -0.05) is 27.7 Å². The van der Waals surface area contributed by atoms with E-state index < -0.39 is 0 Å². The first kappa shape index (κ1) is 8.67. The van der Waals surface area contributed by atoms with E-state index in [1.54, 1.807) is 6.92 Å². The fourth-order valence-electron chi connectivity index (χ4n) is 0.407. The van der Waals surface area contributed by atoms with E-state index >= 15 is 0 Å². The second-order valence-corrected chi connectivity index (χ2v) is 3.43. The molecule has 0 saturated carbocycles. The maximum atomic E-state index is 10.9. The molecular weight excluding hydrogens is 112 g/mol. The predicted octanol–water partition coefficient (Wildman–Crippen LogP) is 2.26. The number of carbonyl (C=O) groups excluding carboxylic acids is 1. The number of hydrogen-bond donors (Lipinski definition) is 0. The number of ketones is 1. The third kappa shape index (κ3) is 1.81. The van der Waals surface area contributed by atoms with Crippen LogP contribution < -0.4 is 0 Å². The lowest BCUT2D eigenvalue weighted by molar-refractivity contribution is -0.126. The van der Waals surface area contributed by atoms with Crippen molar-refractivity contribution in [2.45, 2.75) is 34.6 Å². The fourth-order valence-corrected chi connectivity index (χ4v) is 0.407. The zero-order valence-electron chi connectivity index (χ0n) is 6.99. The lowest BCUT2D eigenvalue weighted by Crippen LogP contribution is -2.27. The Bertz CT molecular complexity index is 112. The third-order valence-electron chi connectivity index (χ3n) is 2.35. The van der Waals surface area contributed by atoms with Gasteiger partial charge in [-0.2, -0.15) is 0 Å². The van der Waals surface area contributed by atoms with Crippen molar-refractivity contribution in [2.75, 3.05) is 0 Å². The molecule has 54 valence electrons. The molecule has 0 N–H and O–H groups in total. The van der Waals surface area contributed by atoms with Crippen LogP contribution in [0.15, 0.2) is 0 Å². The highest BCUT2D eigenvalue weighted by Gasteiger charge is 2.26. The molecule has 9 heavy (non-hydrogen) atoms. The molecule has 0 aliphatic heterocycles. The van der Waals surface area contributed by atoms with Gasteiger partial charge in [-0.3, -0.25) is 4.79 Å². The summed E-state index contributed by atoms with van der Waals surface area (Å²) in [6.45, 7) is 9.77. The van der Waals surface area contributed by atoms with Crippen molar-refractivity contribution in [2.24, 2.45) is 11.3 Å². The van der Waals surface area contributed by atoms with Crippen molar-refractivity contribution < 1.29 is 4.79 Å². The molecule has 0 rings (SSSR count). The van der Waals surface area contributed by atoms with E-state index in [1.807, 2.05) is 13.8 Å². The Morgan fingerprint density at radius 3 is 1.67 bits per heavy atom. The van der Waals surface area contributed by atoms with E-state index in [0.717, 1.165) is 0 Å². The van der Waals surface area contributed by atoms with Gasteiger partial charge in [0.2, 0.25) is 0 Å². The molecule has 0 aliphatic rings. The third-order valence-corrected chi connectivity index (χ3v) is 2.35. The normalized spacial score (nSPS) is 12.2. The summed E-state index contributed by atoms with van der Waals surface area (Å²) in [6, 6.07) is 0. The van der Waals surface area contributed by atoms with Crippen LogP contribution in [0.2, 0.25) is 0 Å². The summed E-state index contributed by atoms with van der Waals surface area (Å²) >= 11 is 0. The molecule has 0 radical (unpaired) electrons. The van der Waals surface area contributed by atoms with Gasteiger partial charge >= 0.3 is 0 Å². The summed E-state index contributed by atoms with van der Waals surface area (Å²) < 4.78 is 0. The van der Waals surface area contributed by atoms with E-state index in [9.17, 15) is 4.79 Å². The van der Waals surface area contributed by atoms with Gasteiger partial charge in [0.25, 0.3) is 0 Å². The maximum absolute atomic E-state index is 10.9. The lowest BCUT2D eigenvalue weighted by Gasteiger charge is -2.25. The smallest absolute Gasteiger partial charge is 0.135 e. The molecule has 0 aliphatic carbocycles. The number of rotatable bonds is 2. The summed E-state index contributed by atoms with van der Waals surface area (Å²) in [7, 11) is 0. The maximum Gasteiger partial charge on any atom is 0.135 e. The molecule has 0 amide bonds. The van der Waals surface area contributed by atoms with Crippen LogP contribution in [0, 0.1) is 11.3 Å². The van der Waals surface area contributed by atoms with Crippen LogP contribution in [0.4, 0.5) is 0 Å². The topological polar surface area (TPSA) is 17.1 Å². The van der Waals surface area contributed by atoms with Gasteiger partial charge < -0.3 is 0 Å². The Hall–Kier alpha value is -0.330. The Morgan fingerprint density at radius 1 is 1.33 bits per heavy atom. The van der Waals surface area contributed by atoms with Gasteiger partial charge in [-0.15, -0.1) is 0 Å². The van der Waals surface area contributed by atoms with Crippen LogP contribution in [0.3, 0.4) is 0 Å². The minimum Gasteiger partial charge on any atom is -0.299 e. The average molecular weight is 128 g/mol. The number of Topliss-reactive ketones (excluding diaryl/α,β-unsaturated/α-hetero) is 1. The second kappa shape index (κ2) is 2.51. The molecule has 0 heterocycles. The van der Waals surface area contributed by atoms with Crippen molar-refractivity contribution in [3.63, 3.8) is 0 Å². The van der Waals surface area contributed by atoms with Crippen LogP contribution in [0.5, 0.6) is 0 Å². The quantitative estimate of drug-likeness (QED) is 0.557. The SMILES string of the molecule is CC(=O)C(C)(C)C(C)C. The number of carbonyl (C=O) groups is 1. The van der Waals surface area contributed by atoms with Crippen LogP contribution in [0.25, 0.3) is 0 Å². The predicted molar refractivity (Wildman–Crippen MR) is 39.3 cm³/mol. The van der Waals surface area contributed by atoms with Gasteiger partial charge in [-0.05, 0) is 12.8 Å². The van der Waals surface area contributed by atoms with Gasteiger partial charge in [0.05, 0.1) is 0 Å². The van der Waals surface area contributed by atoms with Crippen molar-refractivity contribution in [1.82, 2.24) is 0 Å². The summed E-state index contributed by atoms with van der Waals surface area (Å²) in [4.78, 5) is 10.9. The Morgan fingerprint density at radius 2 is 1.67 bits per heavy atom. The molecule has 0 saturated heterocycles. The van der Waals surface area contributed by atoms with Gasteiger partial charge in [-0.25, -0.2) is 0 Å². The van der Waals surface area contributed by atoms with Crippen LogP contribution in [-0.4, -0.2) is 5.78 Å². The average Bonchev–Trinajstić information content (AvgIpc) is 1.65. The van der Waals surface area contributed by atoms with Crippen molar-refractivity contribution in [3.8, 4) is 0 Å². The molecule has 1 heteroatoms. The monoisotopic (exact) mass is 128 g/mol. The zero-order chi connectivity index (χ0) is 7.65. The molecule has 0 aromatic rings. The van der Waals surface area contributed by atoms with Crippen molar-refractivity contribution in [3.05, 3.63) is 0 Å². The molecule has 0 atom stereocenters. The van der Waals surface area contributed by atoms with Crippen LogP contribution in [-0.2, 0) is 4.79 Å². The molecule has 0 aromatic heterocycles. The highest BCUT2D eigenvalue weighted by Crippen LogP contribution is 2.26.